The van der Waals surface area contributed by atoms with E-state index in [-0.39, 0.29) is 11.3 Å². The van der Waals surface area contributed by atoms with Crippen LogP contribution in [0, 0.1) is 0 Å². The lowest BCUT2D eigenvalue weighted by Crippen LogP contribution is -2.22. The maximum atomic E-state index is 11.8. The standard InChI is InChI=1S/C8H7F3N2O2/c9-8(10,11)4-13-6-3-12-2-1-5(6)7(14)15/h1-3,13H,4H2,(H,14,15). The largest absolute Gasteiger partial charge is 0.478 e. The first-order valence-corrected chi connectivity index (χ1v) is 3.88. The lowest BCUT2D eigenvalue weighted by molar-refractivity contribution is -0.115. The van der Waals surface area contributed by atoms with Crippen LogP contribution < -0.4 is 5.32 Å². The van der Waals surface area contributed by atoms with Crippen LogP contribution in [0.5, 0.6) is 0 Å². The van der Waals surface area contributed by atoms with Gasteiger partial charge in [-0.25, -0.2) is 4.79 Å². The molecule has 1 aromatic heterocycles. The number of aromatic carboxylic acids is 1. The molecule has 0 saturated heterocycles. The summed E-state index contributed by atoms with van der Waals surface area (Å²) in [5.74, 6) is -1.30. The Balaban J connectivity index is 2.81. The molecule has 1 heterocycles. The fourth-order valence-electron chi connectivity index (χ4n) is 0.917. The average Bonchev–Trinajstić information content (AvgIpc) is 2.14. The third-order valence-corrected chi connectivity index (χ3v) is 1.53. The lowest BCUT2D eigenvalue weighted by atomic mass is 10.2. The molecule has 0 aliphatic rings. The molecule has 0 amide bonds. The number of hydrogen-bond acceptors (Lipinski definition) is 3. The van der Waals surface area contributed by atoms with Crippen molar-refractivity contribution in [3.05, 3.63) is 24.0 Å². The molecule has 15 heavy (non-hydrogen) atoms. The van der Waals surface area contributed by atoms with Crippen molar-refractivity contribution in [2.24, 2.45) is 0 Å². The normalized spacial score (nSPS) is 11.1. The molecule has 0 atom stereocenters. The van der Waals surface area contributed by atoms with Gasteiger partial charge < -0.3 is 10.4 Å². The van der Waals surface area contributed by atoms with Gasteiger partial charge in [-0.3, -0.25) is 4.98 Å². The summed E-state index contributed by atoms with van der Waals surface area (Å²) in [6, 6.07) is 1.13. The highest BCUT2D eigenvalue weighted by Crippen LogP contribution is 2.18. The first kappa shape index (κ1) is 11.3. The Morgan fingerprint density at radius 3 is 2.73 bits per heavy atom. The molecule has 0 aromatic carbocycles. The van der Waals surface area contributed by atoms with E-state index >= 15 is 0 Å². The molecule has 4 nitrogen and oxygen atoms in total. The van der Waals surface area contributed by atoms with Crippen molar-refractivity contribution < 1.29 is 23.1 Å². The minimum atomic E-state index is -4.40. The summed E-state index contributed by atoms with van der Waals surface area (Å²) in [6.45, 7) is -1.29. The van der Waals surface area contributed by atoms with E-state index in [1.54, 1.807) is 0 Å². The second-order valence-corrected chi connectivity index (χ2v) is 2.70. The van der Waals surface area contributed by atoms with E-state index in [1.165, 1.54) is 6.20 Å². The molecule has 82 valence electrons. The van der Waals surface area contributed by atoms with Gasteiger partial charge in [0.05, 0.1) is 17.4 Å². The molecule has 1 rings (SSSR count). The van der Waals surface area contributed by atoms with Crippen LogP contribution in [0.3, 0.4) is 0 Å². The number of carboxylic acids is 1. The molecule has 1 aromatic rings. The van der Waals surface area contributed by atoms with E-state index in [2.05, 4.69) is 4.98 Å². The highest BCUT2D eigenvalue weighted by Gasteiger charge is 2.27. The molecule has 2 N–H and O–H groups in total. The highest BCUT2D eigenvalue weighted by atomic mass is 19.4. The zero-order valence-corrected chi connectivity index (χ0v) is 7.38. The summed E-state index contributed by atoms with van der Waals surface area (Å²) in [5.41, 5.74) is -0.392. The van der Waals surface area contributed by atoms with Gasteiger partial charge in [-0.05, 0) is 6.07 Å². The zero-order valence-electron chi connectivity index (χ0n) is 7.38. The van der Waals surface area contributed by atoms with E-state index in [9.17, 15) is 18.0 Å². The maximum absolute atomic E-state index is 11.8. The van der Waals surface area contributed by atoms with Gasteiger partial charge >= 0.3 is 12.1 Å². The van der Waals surface area contributed by atoms with Crippen molar-refractivity contribution in [1.29, 1.82) is 0 Å². The second-order valence-electron chi connectivity index (χ2n) is 2.70. The number of pyridine rings is 1. The van der Waals surface area contributed by atoms with Crippen LogP contribution in [0.25, 0.3) is 0 Å². The Kier molecular flexibility index (Phi) is 3.13. The summed E-state index contributed by atoms with van der Waals surface area (Å²) in [4.78, 5) is 14.1. The first-order chi connectivity index (χ1) is 6.90. The summed E-state index contributed by atoms with van der Waals surface area (Å²) in [5, 5.41) is 10.6. The van der Waals surface area contributed by atoms with Crippen LogP contribution in [-0.2, 0) is 0 Å². The van der Waals surface area contributed by atoms with Crippen LogP contribution >= 0.6 is 0 Å². The molecule has 0 fully saturated rings. The Bertz CT molecular complexity index is 365. The average molecular weight is 220 g/mol. The first-order valence-electron chi connectivity index (χ1n) is 3.88. The topological polar surface area (TPSA) is 62.2 Å². The van der Waals surface area contributed by atoms with Gasteiger partial charge in [0.1, 0.15) is 6.54 Å². The van der Waals surface area contributed by atoms with Gasteiger partial charge in [0, 0.05) is 6.20 Å². The number of carbonyl (C=O) groups is 1. The van der Waals surface area contributed by atoms with Crippen molar-refractivity contribution >= 4 is 11.7 Å². The van der Waals surface area contributed by atoms with Crippen LogP contribution in [0.15, 0.2) is 18.5 Å². The van der Waals surface area contributed by atoms with Crippen LogP contribution in [0.2, 0.25) is 0 Å². The third-order valence-electron chi connectivity index (χ3n) is 1.53. The van der Waals surface area contributed by atoms with Gasteiger partial charge in [-0.15, -0.1) is 0 Å². The molecule has 0 aliphatic heterocycles. The van der Waals surface area contributed by atoms with E-state index < -0.39 is 18.7 Å². The molecule has 0 spiro atoms. The van der Waals surface area contributed by atoms with Crippen molar-refractivity contribution in [1.82, 2.24) is 4.98 Å². The van der Waals surface area contributed by atoms with Gasteiger partial charge in [-0.1, -0.05) is 0 Å². The van der Waals surface area contributed by atoms with E-state index in [0.29, 0.717) is 0 Å². The minimum absolute atomic E-state index is 0.151. The van der Waals surface area contributed by atoms with Crippen molar-refractivity contribution in [2.75, 3.05) is 11.9 Å². The molecular formula is C8H7F3N2O2. The Labute approximate surface area is 82.7 Å². The quantitative estimate of drug-likeness (QED) is 0.814. The van der Waals surface area contributed by atoms with Crippen molar-refractivity contribution in [2.45, 2.75) is 6.18 Å². The number of aromatic nitrogens is 1. The Morgan fingerprint density at radius 1 is 1.53 bits per heavy atom. The monoisotopic (exact) mass is 220 g/mol. The van der Waals surface area contributed by atoms with Crippen LogP contribution in [-0.4, -0.2) is 28.8 Å². The number of alkyl halides is 3. The fourth-order valence-corrected chi connectivity index (χ4v) is 0.917. The van der Waals surface area contributed by atoms with Crippen molar-refractivity contribution in [3.8, 4) is 0 Å². The number of nitrogens with zero attached hydrogens (tertiary/aromatic N) is 1. The number of nitrogens with one attached hydrogen (secondary N) is 1. The second kappa shape index (κ2) is 4.16. The van der Waals surface area contributed by atoms with E-state index in [1.807, 2.05) is 5.32 Å². The van der Waals surface area contributed by atoms with Crippen LogP contribution in [0.4, 0.5) is 18.9 Å². The number of hydrogen-bond donors (Lipinski definition) is 2. The SMILES string of the molecule is O=C(O)c1ccncc1NCC(F)(F)F. The summed E-state index contributed by atoms with van der Waals surface area (Å²) >= 11 is 0. The molecule has 0 radical (unpaired) electrons. The predicted molar refractivity (Wildman–Crippen MR) is 45.7 cm³/mol. The number of halogens is 3. The molecule has 0 unspecified atom stereocenters. The van der Waals surface area contributed by atoms with Crippen LogP contribution in [0.1, 0.15) is 10.4 Å². The summed E-state index contributed by atoms with van der Waals surface area (Å²) in [6.07, 6.45) is -2.16. The molecular weight excluding hydrogens is 213 g/mol. The molecule has 0 bridgehead atoms. The van der Waals surface area contributed by atoms with Gasteiger partial charge in [-0.2, -0.15) is 13.2 Å². The number of anilines is 1. The van der Waals surface area contributed by atoms with Crippen molar-refractivity contribution in [3.63, 3.8) is 0 Å². The Morgan fingerprint density at radius 2 is 2.20 bits per heavy atom. The van der Waals surface area contributed by atoms with Gasteiger partial charge in [0.15, 0.2) is 0 Å². The highest BCUT2D eigenvalue weighted by molar-refractivity contribution is 5.93. The predicted octanol–water partition coefficient (Wildman–Crippen LogP) is 1.75. The maximum Gasteiger partial charge on any atom is 0.405 e. The molecule has 0 aliphatic carbocycles. The van der Waals surface area contributed by atoms with E-state index in [0.717, 1.165) is 12.3 Å². The Hall–Kier alpha value is -1.79. The smallest absolute Gasteiger partial charge is 0.405 e. The lowest BCUT2D eigenvalue weighted by Gasteiger charge is -2.10. The van der Waals surface area contributed by atoms with Gasteiger partial charge in [0.2, 0.25) is 0 Å². The number of carboxylic acid groups (broad SMARTS) is 1. The molecule has 0 saturated carbocycles. The summed E-state index contributed by atoms with van der Waals surface area (Å²) in [7, 11) is 0. The minimum Gasteiger partial charge on any atom is -0.478 e. The summed E-state index contributed by atoms with van der Waals surface area (Å²) < 4.78 is 35.5. The third kappa shape index (κ3) is 3.45. The van der Waals surface area contributed by atoms with E-state index in [4.69, 9.17) is 5.11 Å². The molecule has 7 heteroatoms. The fraction of sp³-hybridized carbons (Fsp3) is 0.250. The number of rotatable bonds is 3. The zero-order chi connectivity index (χ0) is 11.5. The van der Waals surface area contributed by atoms with Gasteiger partial charge in [0.25, 0.3) is 0 Å².